The summed E-state index contributed by atoms with van der Waals surface area (Å²) < 4.78 is 85.7. The van der Waals surface area contributed by atoms with E-state index in [0.29, 0.717) is 22.3 Å². The second-order valence-corrected chi connectivity index (χ2v) is 11.9. The molecule has 0 N–H and O–H groups in total. The van der Waals surface area contributed by atoms with E-state index in [4.69, 9.17) is 13.7 Å². The van der Waals surface area contributed by atoms with Crippen molar-refractivity contribution in [1.29, 1.82) is 0 Å². The monoisotopic (exact) mass is 636 g/mol. The van der Waals surface area contributed by atoms with Gasteiger partial charge in [-0.05, 0) is 96.4 Å². The fourth-order valence-corrected chi connectivity index (χ4v) is 7.08. The van der Waals surface area contributed by atoms with Gasteiger partial charge in [0, 0.05) is 18.9 Å². The van der Waals surface area contributed by atoms with Crippen LogP contribution >= 0.6 is 0 Å². The molecular formula is C47H34N2. The molecule has 0 atom stereocenters. The molecule has 9 aromatic rings. The van der Waals surface area contributed by atoms with E-state index in [1.54, 1.807) is 22.8 Å². The highest BCUT2D eigenvalue weighted by molar-refractivity contribution is 6.22. The van der Waals surface area contributed by atoms with Gasteiger partial charge in [-0.2, -0.15) is 0 Å². The number of imidazole rings is 1. The summed E-state index contributed by atoms with van der Waals surface area (Å²) in [6.07, 6.45) is -2.73. The van der Waals surface area contributed by atoms with Gasteiger partial charge in [-0.25, -0.2) is 4.98 Å². The maximum atomic E-state index is 8.83. The summed E-state index contributed by atoms with van der Waals surface area (Å²) in [6, 6.07) is 44.8. The number of aryl methyl sites for hydroxylation is 1. The van der Waals surface area contributed by atoms with Gasteiger partial charge in [0.05, 0.1) is 17.9 Å². The number of para-hydroxylation sites is 2. The third-order valence-electron chi connectivity index (χ3n) is 9.16. The lowest BCUT2D eigenvalue weighted by atomic mass is 9.83. The van der Waals surface area contributed by atoms with Crippen LogP contribution in [-0.2, 0) is 6.37 Å². The third kappa shape index (κ3) is 4.92. The topological polar surface area (TPSA) is 17.8 Å². The van der Waals surface area contributed by atoms with Crippen molar-refractivity contribution in [3.05, 3.63) is 182 Å². The quantitative estimate of drug-likeness (QED) is 0.166. The lowest BCUT2D eigenvalue weighted by molar-refractivity contribution is 0.908. The zero-order valence-corrected chi connectivity index (χ0v) is 26.3. The molecule has 0 fully saturated rings. The molecule has 0 spiro atoms. The number of benzene rings is 8. The Kier molecular flexibility index (Phi) is 4.98. The molecule has 49 heavy (non-hydrogen) atoms. The molecule has 0 bridgehead atoms. The zero-order chi connectivity index (χ0) is 41.4. The molecule has 0 saturated carbocycles. The molecule has 8 aromatic carbocycles. The van der Waals surface area contributed by atoms with Crippen LogP contribution in [0.5, 0.6) is 0 Å². The summed E-state index contributed by atoms with van der Waals surface area (Å²) in [5.74, 6) is -0.198. The van der Waals surface area contributed by atoms with Crippen LogP contribution in [0.25, 0.3) is 82.8 Å². The SMILES string of the molecule is [2H]c1c([2H])c([2H])c(-c2ccccc2-c2c3ccccc3c(-c3cccc(-c4cccc(-n5c(C([2H])([2H])C([2H])([2H])[2H])nc6ccccc65)c4)c3)c3ccccc23)c([2H])c1[2H]. The molecule has 1 heterocycles. The highest BCUT2D eigenvalue weighted by atomic mass is 15.1. The number of aromatic nitrogens is 2. The van der Waals surface area contributed by atoms with Crippen LogP contribution in [0, 0.1) is 0 Å². The van der Waals surface area contributed by atoms with Gasteiger partial charge in [0.25, 0.3) is 0 Å². The predicted molar refractivity (Wildman–Crippen MR) is 207 cm³/mol. The Balaban J connectivity index is 1.24. The summed E-state index contributed by atoms with van der Waals surface area (Å²) in [7, 11) is 0. The van der Waals surface area contributed by atoms with Gasteiger partial charge in [-0.1, -0.05) is 152 Å². The number of nitrogens with zero attached hydrogens (tertiary/aromatic N) is 2. The number of rotatable bonds is 6. The van der Waals surface area contributed by atoms with Crippen LogP contribution < -0.4 is 0 Å². The average Bonchev–Trinajstić information content (AvgIpc) is 3.65. The smallest absolute Gasteiger partial charge is 0.114 e. The molecule has 0 aliphatic rings. The summed E-state index contributed by atoms with van der Waals surface area (Å²) in [5, 5.41) is 3.78. The van der Waals surface area contributed by atoms with Crippen LogP contribution in [0.15, 0.2) is 176 Å². The van der Waals surface area contributed by atoms with E-state index >= 15 is 0 Å². The first kappa shape index (κ1) is 20.2. The number of fused-ring (bicyclic) bond motifs is 3. The Morgan fingerprint density at radius 3 is 1.88 bits per heavy atom. The normalized spacial score (nSPS) is 14.9. The summed E-state index contributed by atoms with van der Waals surface area (Å²) in [5.41, 5.74) is 7.61. The van der Waals surface area contributed by atoms with Gasteiger partial charge >= 0.3 is 0 Å². The fraction of sp³-hybridized carbons (Fsp3) is 0.0426. The first-order chi connectivity index (χ1) is 28.3. The van der Waals surface area contributed by atoms with Crippen LogP contribution in [0.2, 0.25) is 0 Å². The molecule has 0 aliphatic carbocycles. The van der Waals surface area contributed by atoms with Crippen molar-refractivity contribution in [2.75, 3.05) is 0 Å². The minimum Gasteiger partial charge on any atom is -0.296 e. The molecule has 2 nitrogen and oxygen atoms in total. The summed E-state index contributed by atoms with van der Waals surface area (Å²) in [6.45, 7) is -2.96. The van der Waals surface area contributed by atoms with Crippen molar-refractivity contribution in [1.82, 2.24) is 9.55 Å². The molecule has 2 heteroatoms. The van der Waals surface area contributed by atoms with E-state index in [2.05, 4.69) is 41.4 Å². The van der Waals surface area contributed by atoms with Crippen molar-refractivity contribution >= 4 is 32.6 Å². The predicted octanol–water partition coefficient (Wildman–Crippen LogP) is 12.6. The van der Waals surface area contributed by atoms with Gasteiger partial charge in [0.15, 0.2) is 0 Å². The Hall–Kier alpha value is -6.25. The maximum Gasteiger partial charge on any atom is 0.114 e. The van der Waals surface area contributed by atoms with Gasteiger partial charge in [-0.15, -0.1) is 0 Å². The Bertz CT molecular complexity index is 3060. The summed E-state index contributed by atoms with van der Waals surface area (Å²) >= 11 is 0. The van der Waals surface area contributed by atoms with E-state index in [-0.39, 0.29) is 35.6 Å². The van der Waals surface area contributed by atoms with Crippen LogP contribution in [-0.4, -0.2) is 9.55 Å². The van der Waals surface area contributed by atoms with Crippen molar-refractivity contribution in [3.8, 4) is 50.2 Å². The maximum absolute atomic E-state index is 8.83. The van der Waals surface area contributed by atoms with E-state index in [1.807, 2.05) is 91.0 Å². The molecule has 0 aliphatic heterocycles. The van der Waals surface area contributed by atoms with E-state index in [0.717, 1.165) is 54.9 Å². The Labute approximate surface area is 300 Å². The minimum atomic E-state index is -2.96. The molecule has 1 aromatic heterocycles. The van der Waals surface area contributed by atoms with Gasteiger partial charge < -0.3 is 0 Å². The molecule has 0 amide bonds. The largest absolute Gasteiger partial charge is 0.296 e. The van der Waals surface area contributed by atoms with Crippen LogP contribution in [0.4, 0.5) is 0 Å². The van der Waals surface area contributed by atoms with Crippen molar-refractivity contribution in [3.63, 3.8) is 0 Å². The molecule has 0 unspecified atom stereocenters. The van der Waals surface area contributed by atoms with Gasteiger partial charge in [0.2, 0.25) is 0 Å². The van der Waals surface area contributed by atoms with E-state index in [9.17, 15) is 0 Å². The van der Waals surface area contributed by atoms with Crippen molar-refractivity contribution in [2.45, 2.75) is 13.2 Å². The Morgan fingerprint density at radius 1 is 0.551 bits per heavy atom. The lowest BCUT2D eigenvalue weighted by Gasteiger charge is -2.20. The minimum absolute atomic E-state index is 0.143. The molecule has 232 valence electrons. The molecule has 0 saturated heterocycles. The van der Waals surface area contributed by atoms with Gasteiger partial charge in [-0.3, -0.25) is 4.57 Å². The molecule has 0 radical (unpaired) electrons. The first-order valence-electron chi connectivity index (χ1n) is 21.1. The van der Waals surface area contributed by atoms with Gasteiger partial charge in [0.1, 0.15) is 5.82 Å². The molecular weight excluding hydrogens is 593 g/mol. The van der Waals surface area contributed by atoms with E-state index in [1.165, 1.54) is 0 Å². The van der Waals surface area contributed by atoms with Crippen LogP contribution in [0.3, 0.4) is 0 Å². The third-order valence-corrected chi connectivity index (χ3v) is 9.16. The number of hydrogen-bond donors (Lipinski definition) is 0. The van der Waals surface area contributed by atoms with Crippen LogP contribution in [0.1, 0.15) is 26.4 Å². The fourth-order valence-electron chi connectivity index (χ4n) is 7.08. The Morgan fingerprint density at radius 2 is 1.14 bits per heavy atom. The standard InChI is InChI=1S/C47H34N2/c1-2-45-48-43-28-12-13-29-44(43)49(45)36-21-15-19-34(31-36)33-18-14-20-35(30-33)46-39-24-8-10-26-41(39)47(42-27-11-9-25-40(42)46)38-23-7-6-22-37(38)32-16-4-3-5-17-32/h3-31H,2H2,1H3/i1D3,2D2,3D,4D,5D,16D,17D. The van der Waals surface area contributed by atoms with E-state index < -0.39 is 19.3 Å². The zero-order valence-electron chi connectivity index (χ0n) is 36.3. The summed E-state index contributed by atoms with van der Waals surface area (Å²) in [4.78, 5) is 4.50. The highest BCUT2D eigenvalue weighted by Gasteiger charge is 2.19. The average molecular weight is 637 g/mol. The first-order valence-corrected chi connectivity index (χ1v) is 16.1. The second-order valence-electron chi connectivity index (χ2n) is 11.9. The van der Waals surface area contributed by atoms with Crippen molar-refractivity contribution < 1.29 is 13.7 Å². The lowest BCUT2D eigenvalue weighted by Crippen LogP contribution is -2.00. The van der Waals surface area contributed by atoms with Crippen molar-refractivity contribution in [2.24, 2.45) is 0 Å². The second kappa shape index (κ2) is 12.1. The molecule has 9 rings (SSSR count). The highest BCUT2D eigenvalue weighted by Crippen LogP contribution is 2.46. The number of hydrogen-bond acceptors (Lipinski definition) is 1.